The largest absolute Gasteiger partial charge is 0.383 e. The number of nitrogens with two attached hydrogens (primary N) is 2. The highest BCUT2D eigenvalue weighted by atomic mass is 16.2. The predicted octanol–water partition coefficient (Wildman–Crippen LogP) is 1.87. The number of aromatic nitrogens is 1. The van der Waals surface area contributed by atoms with Crippen molar-refractivity contribution in [3.8, 4) is 0 Å². The number of rotatable bonds is 4. The summed E-state index contributed by atoms with van der Waals surface area (Å²) in [6, 6.07) is 11.4. The van der Waals surface area contributed by atoms with Crippen molar-refractivity contribution in [1.82, 2.24) is 14.8 Å². The lowest BCUT2D eigenvalue weighted by atomic mass is 9.98. The van der Waals surface area contributed by atoms with E-state index in [4.69, 9.17) is 11.5 Å². The molecule has 152 valence electrons. The van der Waals surface area contributed by atoms with Crippen LogP contribution in [0.15, 0.2) is 36.4 Å². The van der Waals surface area contributed by atoms with E-state index in [1.165, 1.54) is 6.42 Å². The topological polar surface area (TPSA) is 106 Å². The Labute approximate surface area is 170 Å². The molecule has 7 nitrogen and oxygen atoms in total. The van der Waals surface area contributed by atoms with Crippen LogP contribution in [0.2, 0.25) is 0 Å². The van der Waals surface area contributed by atoms with Crippen LogP contribution in [0, 0.1) is 0 Å². The van der Waals surface area contributed by atoms with Gasteiger partial charge in [0, 0.05) is 25.2 Å². The van der Waals surface area contributed by atoms with Crippen molar-refractivity contribution >= 4 is 17.6 Å². The van der Waals surface area contributed by atoms with Gasteiger partial charge in [0.1, 0.15) is 11.9 Å². The minimum Gasteiger partial charge on any atom is -0.383 e. The van der Waals surface area contributed by atoms with Crippen LogP contribution in [-0.4, -0.2) is 46.2 Å². The van der Waals surface area contributed by atoms with Crippen LogP contribution in [0.5, 0.6) is 0 Å². The Hall–Kier alpha value is -2.93. The zero-order chi connectivity index (χ0) is 20.4. The molecule has 0 unspecified atom stereocenters. The Morgan fingerprint density at radius 1 is 1.03 bits per heavy atom. The summed E-state index contributed by atoms with van der Waals surface area (Å²) in [6.07, 6.45) is 4.06. The minimum absolute atomic E-state index is 0.0983. The monoisotopic (exact) mass is 393 g/mol. The Balaban J connectivity index is 1.62. The van der Waals surface area contributed by atoms with E-state index in [0.717, 1.165) is 42.8 Å². The van der Waals surface area contributed by atoms with E-state index in [-0.39, 0.29) is 23.3 Å². The van der Waals surface area contributed by atoms with Gasteiger partial charge in [0.2, 0.25) is 5.91 Å². The zero-order valence-electron chi connectivity index (χ0n) is 16.5. The van der Waals surface area contributed by atoms with Gasteiger partial charge in [-0.1, -0.05) is 36.8 Å². The van der Waals surface area contributed by atoms with Crippen molar-refractivity contribution < 1.29 is 9.59 Å². The molecule has 0 spiro atoms. The molecule has 1 aromatic heterocycles. The SMILES string of the molecule is NC(=O)c1cc2c(nc1N)CCN(C(=O)[C@@H](c1ccccc1)N1CCCCC1)C2. The average Bonchev–Trinajstić information content (AvgIpc) is 2.74. The lowest BCUT2D eigenvalue weighted by Crippen LogP contribution is -2.46. The lowest BCUT2D eigenvalue weighted by molar-refractivity contribution is -0.138. The third kappa shape index (κ3) is 3.96. The first-order chi connectivity index (χ1) is 14.0. The van der Waals surface area contributed by atoms with Gasteiger partial charge in [-0.05, 0) is 43.1 Å². The Morgan fingerprint density at radius 3 is 2.45 bits per heavy atom. The van der Waals surface area contributed by atoms with Gasteiger partial charge in [-0.15, -0.1) is 0 Å². The minimum atomic E-state index is -0.600. The number of carbonyl (C=O) groups excluding carboxylic acids is 2. The molecule has 0 saturated carbocycles. The molecule has 2 aliphatic rings. The normalized spacial score (nSPS) is 18.1. The molecule has 2 aromatic rings. The molecule has 0 aliphatic carbocycles. The fraction of sp³-hybridized carbons (Fsp3) is 0.409. The van der Waals surface area contributed by atoms with Gasteiger partial charge in [-0.3, -0.25) is 14.5 Å². The number of fused-ring (bicyclic) bond motifs is 1. The van der Waals surface area contributed by atoms with E-state index in [9.17, 15) is 9.59 Å². The van der Waals surface area contributed by atoms with Gasteiger partial charge in [-0.25, -0.2) is 4.98 Å². The van der Waals surface area contributed by atoms with Crippen molar-refractivity contribution in [3.63, 3.8) is 0 Å². The van der Waals surface area contributed by atoms with Crippen molar-refractivity contribution in [2.75, 3.05) is 25.4 Å². The van der Waals surface area contributed by atoms with Crippen LogP contribution < -0.4 is 11.5 Å². The van der Waals surface area contributed by atoms with Gasteiger partial charge >= 0.3 is 0 Å². The molecule has 2 aliphatic heterocycles. The molecule has 2 amide bonds. The molecular formula is C22H27N5O2. The standard InChI is InChI=1S/C22H27N5O2/c23-20-17(21(24)28)13-16-14-27(12-9-18(16)25-20)22(29)19(15-7-3-1-4-8-15)26-10-5-2-6-11-26/h1,3-4,7-8,13,19H,2,5-6,9-12,14H2,(H2,23,25)(H2,24,28)/t19-/m1/s1. The van der Waals surface area contributed by atoms with Crippen molar-refractivity contribution in [1.29, 1.82) is 0 Å². The van der Waals surface area contributed by atoms with E-state index in [2.05, 4.69) is 9.88 Å². The number of hydrogen-bond donors (Lipinski definition) is 2. The number of amides is 2. The molecule has 1 saturated heterocycles. The molecule has 0 bridgehead atoms. The van der Waals surface area contributed by atoms with Crippen LogP contribution in [0.4, 0.5) is 5.82 Å². The number of pyridine rings is 1. The summed E-state index contributed by atoms with van der Waals surface area (Å²) in [4.78, 5) is 33.8. The second-order valence-corrected chi connectivity index (χ2v) is 7.81. The average molecular weight is 393 g/mol. The van der Waals surface area contributed by atoms with Crippen molar-refractivity contribution in [3.05, 3.63) is 58.8 Å². The highest BCUT2D eigenvalue weighted by molar-refractivity contribution is 5.97. The van der Waals surface area contributed by atoms with Gasteiger partial charge in [0.25, 0.3) is 5.91 Å². The summed E-state index contributed by atoms with van der Waals surface area (Å²) in [5.41, 5.74) is 14.2. The summed E-state index contributed by atoms with van der Waals surface area (Å²) < 4.78 is 0. The summed E-state index contributed by atoms with van der Waals surface area (Å²) in [5.74, 6) is -0.343. The molecule has 0 radical (unpaired) electrons. The second kappa shape index (κ2) is 8.21. The van der Waals surface area contributed by atoms with Crippen LogP contribution in [-0.2, 0) is 17.8 Å². The Morgan fingerprint density at radius 2 is 1.76 bits per heavy atom. The highest BCUT2D eigenvalue weighted by Gasteiger charge is 2.34. The number of carbonyl (C=O) groups is 2. The van der Waals surface area contributed by atoms with Gasteiger partial charge < -0.3 is 16.4 Å². The Bertz CT molecular complexity index is 909. The summed E-state index contributed by atoms with van der Waals surface area (Å²) in [5, 5.41) is 0. The maximum atomic E-state index is 13.6. The number of piperidine rings is 1. The molecule has 7 heteroatoms. The van der Waals surface area contributed by atoms with Crippen LogP contribution >= 0.6 is 0 Å². The molecule has 4 rings (SSSR count). The summed E-state index contributed by atoms with van der Waals surface area (Å²) in [6.45, 7) is 2.86. The molecule has 3 heterocycles. The van der Waals surface area contributed by atoms with Crippen LogP contribution in [0.25, 0.3) is 0 Å². The fourth-order valence-electron chi connectivity index (χ4n) is 4.37. The molecule has 1 fully saturated rings. The number of nitrogens with zero attached hydrogens (tertiary/aromatic N) is 3. The number of hydrogen-bond acceptors (Lipinski definition) is 5. The van der Waals surface area contributed by atoms with E-state index in [1.807, 2.05) is 35.2 Å². The first-order valence-electron chi connectivity index (χ1n) is 10.2. The van der Waals surface area contributed by atoms with Gasteiger partial charge in [0.05, 0.1) is 5.56 Å². The van der Waals surface area contributed by atoms with Gasteiger partial charge in [-0.2, -0.15) is 0 Å². The third-order valence-electron chi connectivity index (χ3n) is 5.88. The number of likely N-dealkylation sites (tertiary alicyclic amines) is 1. The fourth-order valence-corrected chi connectivity index (χ4v) is 4.37. The molecule has 4 N–H and O–H groups in total. The van der Waals surface area contributed by atoms with E-state index in [1.54, 1.807) is 6.07 Å². The first-order valence-corrected chi connectivity index (χ1v) is 10.2. The maximum absolute atomic E-state index is 13.6. The number of primary amides is 1. The van der Waals surface area contributed by atoms with E-state index in [0.29, 0.717) is 19.5 Å². The predicted molar refractivity (Wildman–Crippen MR) is 111 cm³/mol. The Kier molecular flexibility index (Phi) is 5.49. The number of nitrogen functional groups attached to an aromatic ring is 1. The molecule has 1 atom stereocenters. The lowest BCUT2D eigenvalue weighted by Gasteiger charge is -2.38. The summed E-state index contributed by atoms with van der Waals surface area (Å²) in [7, 11) is 0. The smallest absolute Gasteiger partial charge is 0.252 e. The van der Waals surface area contributed by atoms with Crippen molar-refractivity contribution in [2.45, 2.75) is 38.3 Å². The summed E-state index contributed by atoms with van der Waals surface area (Å²) >= 11 is 0. The third-order valence-corrected chi connectivity index (χ3v) is 5.88. The second-order valence-electron chi connectivity index (χ2n) is 7.81. The number of benzene rings is 1. The molecular weight excluding hydrogens is 366 g/mol. The quantitative estimate of drug-likeness (QED) is 0.825. The van der Waals surface area contributed by atoms with Crippen LogP contribution in [0.3, 0.4) is 0 Å². The van der Waals surface area contributed by atoms with Crippen molar-refractivity contribution in [2.24, 2.45) is 5.73 Å². The van der Waals surface area contributed by atoms with Gasteiger partial charge in [0.15, 0.2) is 0 Å². The zero-order valence-corrected chi connectivity index (χ0v) is 16.5. The first kappa shape index (κ1) is 19.4. The van der Waals surface area contributed by atoms with E-state index < -0.39 is 5.91 Å². The maximum Gasteiger partial charge on any atom is 0.252 e. The van der Waals surface area contributed by atoms with Crippen LogP contribution in [0.1, 0.15) is 52.5 Å². The highest BCUT2D eigenvalue weighted by Crippen LogP contribution is 2.29. The number of anilines is 1. The molecule has 29 heavy (non-hydrogen) atoms. The molecule has 1 aromatic carbocycles. The van der Waals surface area contributed by atoms with E-state index >= 15 is 0 Å².